The van der Waals surface area contributed by atoms with E-state index in [1.807, 2.05) is 24.4 Å². The van der Waals surface area contributed by atoms with E-state index in [1.165, 1.54) is 5.56 Å². The highest BCUT2D eigenvalue weighted by Gasteiger charge is 2.42. The first kappa shape index (κ1) is 15.8. The molecule has 3 atom stereocenters. The lowest BCUT2D eigenvalue weighted by Gasteiger charge is -2.41. The maximum absolute atomic E-state index is 6.17. The minimum atomic E-state index is 0.173. The predicted molar refractivity (Wildman–Crippen MR) is 92.4 cm³/mol. The minimum absolute atomic E-state index is 0.173. The summed E-state index contributed by atoms with van der Waals surface area (Å²) in [6, 6.07) is 17.1. The second-order valence-corrected chi connectivity index (χ2v) is 6.61. The van der Waals surface area contributed by atoms with Gasteiger partial charge in [-0.1, -0.05) is 36.4 Å². The maximum Gasteiger partial charge on any atom is 0.0992 e. The van der Waals surface area contributed by atoms with Crippen LogP contribution >= 0.6 is 0 Å². The van der Waals surface area contributed by atoms with Crippen molar-refractivity contribution in [1.29, 1.82) is 0 Å². The van der Waals surface area contributed by atoms with Gasteiger partial charge < -0.3 is 9.47 Å². The van der Waals surface area contributed by atoms with Crippen molar-refractivity contribution in [2.75, 3.05) is 13.2 Å². The molecule has 0 unspecified atom stereocenters. The number of rotatable bonds is 5. The summed E-state index contributed by atoms with van der Waals surface area (Å²) in [5.74, 6) is 0. The van der Waals surface area contributed by atoms with Crippen molar-refractivity contribution in [2.24, 2.45) is 0 Å². The van der Waals surface area contributed by atoms with Crippen LogP contribution in [-0.2, 0) is 22.6 Å². The number of hydrogen-bond acceptors (Lipinski definition) is 4. The van der Waals surface area contributed by atoms with Gasteiger partial charge >= 0.3 is 0 Å². The minimum Gasteiger partial charge on any atom is -0.374 e. The fourth-order valence-corrected chi connectivity index (χ4v) is 3.84. The summed E-state index contributed by atoms with van der Waals surface area (Å²) in [5.41, 5.74) is 2.36. The van der Waals surface area contributed by atoms with E-state index in [1.54, 1.807) is 0 Å². The zero-order chi connectivity index (χ0) is 16.2. The topological polar surface area (TPSA) is 34.6 Å². The lowest BCUT2D eigenvalue weighted by molar-refractivity contribution is -0.106. The first-order chi connectivity index (χ1) is 11.9. The van der Waals surface area contributed by atoms with Crippen molar-refractivity contribution in [1.82, 2.24) is 9.88 Å². The highest BCUT2D eigenvalue weighted by atomic mass is 16.5. The van der Waals surface area contributed by atoms with E-state index < -0.39 is 0 Å². The molecule has 0 amide bonds. The van der Waals surface area contributed by atoms with Crippen LogP contribution < -0.4 is 0 Å². The number of ether oxygens (including phenoxy) is 2. The number of hydrogen-bond donors (Lipinski definition) is 0. The zero-order valence-electron chi connectivity index (χ0n) is 13.9. The highest BCUT2D eigenvalue weighted by molar-refractivity contribution is 5.15. The molecule has 0 radical (unpaired) electrons. The summed E-state index contributed by atoms with van der Waals surface area (Å²) in [5, 5.41) is 0. The van der Waals surface area contributed by atoms with Gasteiger partial charge in [-0.3, -0.25) is 9.88 Å². The number of pyridine rings is 1. The van der Waals surface area contributed by atoms with Crippen LogP contribution in [0.5, 0.6) is 0 Å². The van der Waals surface area contributed by atoms with Gasteiger partial charge in [0.25, 0.3) is 0 Å². The van der Waals surface area contributed by atoms with Crippen molar-refractivity contribution >= 4 is 0 Å². The Morgan fingerprint density at radius 3 is 2.79 bits per heavy atom. The van der Waals surface area contributed by atoms with Crippen LogP contribution in [0.4, 0.5) is 0 Å². The summed E-state index contributed by atoms with van der Waals surface area (Å²) in [6.45, 7) is 3.46. The second kappa shape index (κ2) is 7.43. The number of likely N-dealkylation sites (tertiary alicyclic amines) is 1. The highest BCUT2D eigenvalue weighted by Crippen LogP contribution is 2.31. The van der Waals surface area contributed by atoms with Crippen molar-refractivity contribution < 1.29 is 9.47 Å². The Morgan fingerprint density at radius 2 is 1.96 bits per heavy atom. The standard InChI is InChI=1S/C20H24N2O2/c1-2-6-16(7-3-1)14-22-12-9-19(20-18(22)10-13-23-20)24-15-17-8-4-5-11-21-17/h1-8,11,18-20H,9-10,12-15H2/t18-,19-,20-/m1/s1. The van der Waals surface area contributed by atoms with E-state index >= 15 is 0 Å². The molecule has 4 nitrogen and oxygen atoms in total. The molecule has 4 heteroatoms. The average molecular weight is 324 g/mol. The van der Waals surface area contributed by atoms with Crippen LogP contribution in [0.25, 0.3) is 0 Å². The predicted octanol–water partition coefficient (Wildman–Crippen LogP) is 3.03. The zero-order valence-corrected chi connectivity index (χ0v) is 13.9. The first-order valence-corrected chi connectivity index (χ1v) is 8.81. The van der Waals surface area contributed by atoms with Crippen LogP contribution in [0.15, 0.2) is 54.7 Å². The molecule has 126 valence electrons. The van der Waals surface area contributed by atoms with Gasteiger partial charge in [0.1, 0.15) is 0 Å². The van der Waals surface area contributed by atoms with Gasteiger partial charge in [-0.25, -0.2) is 0 Å². The Balaban J connectivity index is 1.38. The molecule has 2 fully saturated rings. The van der Waals surface area contributed by atoms with Gasteiger partial charge in [-0.15, -0.1) is 0 Å². The van der Waals surface area contributed by atoms with Gasteiger partial charge in [0.2, 0.25) is 0 Å². The van der Waals surface area contributed by atoms with Gasteiger partial charge in [-0.05, 0) is 30.5 Å². The molecule has 2 saturated heterocycles. The monoisotopic (exact) mass is 324 g/mol. The SMILES string of the molecule is c1ccc(CN2CC[C@@H](OCc3ccccn3)[C@@H]3OCC[C@H]32)cc1. The molecule has 2 aliphatic heterocycles. The Bertz CT molecular complexity index is 635. The maximum atomic E-state index is 6.17. The van der Waals surface area contributed by atoms with Crippen LogP contribution in [0, 0.1) is 0 Å². The Morgan fingerprint density at radius 1 is 1.08 bits per heavy atom. The van der Waals surface area contributed by atoms with E-state index in [0.29, 0.717) is 12.6 Å². The summed E-state index contributed by atoms with van der Waals surface area (Å²) in [4.78, 5) is 6.91. The Kier molecular flexibility index (Phi) is 4.88. The summed E-state index contributed by atoms with van der Waals surface area (Å²) >= 11 is 0. The van der Waals surface area contributed by atoms with Crippen molar-refractivity contribution in [2.45, 2.75) is 44.2 Å². The van der Waals surface area contributed by atoms with E-state index in [9.17, 15) is 0 Å². The lowest BCUT2D eigenvalue weighted by Crippen LogP contribution is -2.52. The van der Waals surface area contributed by atoms with Gasteiger partial charge in [-0.2, -0.15) is 0 Å². The molecule has 4 rings (SSSR count). The Labute approximate surface area is 143 Å². The van der Waals surface area contributed by atoms with E-state index in [0.717, 1.165) is 38.2 Å². The molecule has 0 saturated carbocycles. The average Bonchev–Trinajstić information content (AvgIpc) is 3.13. The summed E-state index contributed by atoms with van der Waals surface area (Å²) in [6.07, 6.45) is 4.29. The lowest BCUT2D eigenvalue weighted by atomic mass is 9.95. The van der Waals surface area contributed by atoms with Crippen LogP contribution in [0.1, 0.15) is 24.1 Å². The third kappa shape index (κ3) is 3.51. The van der Waals surface area contributed by atoms with Crippen molar-refractivity contribution in [3.63, 3.8) is 0 Å². The molecule has 0 bridgehead atoms. The van der Waals surface area contributed by atoms with E-state index in [2.05, 4.69) is 40.2 Å². The summed E-state index contributed by atoms with van der Waals surface area (Å²) in [7, 11) is 0. The third-order valence-corrected chi connectivity index (χ3v) is 5.04. The summed E-state index contributed by atoms with van der Waals surface area (Å²) < 4.78 is 12.2. The molecule has 0 spiro atoms. The fraction of sp³-hybridized carbons (Fsp3) is 0.450. The van der Waals surface area contributed by atoms with E-state index in [4.69, 9.17) is 9.47 Å². The molecule has 0 aliphatic carbocycles. The number of benzene rings is 1. The normalized spacial score (nSPS) is 27.1. The third-order valence-electron chi connectivity index (χ3n) is 5.04. The van der Waals surface area contributed by atoms with Crippen molar-refractivity contribution in [3.05, 3.63) is 66.0 Å². The Hall–Kier alpha value is -1.75. The van der Waals surface area contributed by atoms with E-state index in [-0.39, 0.29) is 12.2 Å². The number of fused-ring (bicyclic) bond motifs is 1. The molecule has 1 aromatic heterocycles. The number of nitrogens with zero attached hydrogens (tertiary/aromatic N) is 2. The van der Waals surface area contributed by atoms with Gasteiger partial charge in [0.15, 0.2) is 0 Å². The molecular formula is C20H24N2O2. The van der Waals surface area contributed by atoms with Crippen molar-refractivity contribution in [3.8, 4) is 0 Å². The quantitative estimate of drug-likeness (QED) is 0.847. The molecule has 24 heavy (non-hydrogen) atoms. The first-order valence-electron chi connectivity index (χ1n) is 8.81. The molecular weight excluding hydrogens is 300 g/mol. The second-order valence-electron chi connectivity index (χ2n) is 6.61. The van der Waals surface area contributed by atoms with Crippen LogP contribution in [0.2, 0.25) is 0 Å². The molecule has 2 aromatic rings. The van der Waals surface area contributed by atoms with Gasteiger partial charge in [0, 0.05) is 31.9 Å². The van der Waals surface area contributed by atoms with Crippen LogP contribution in [-0.4, -0.2) is 41.3 Å². The largest absolute Gasteiger partial charge is 0.374 e. The fourth-order valence-electron chi connectivity index (χ4n) is 3.84. The molecule has 3 heterocycles. The number of aromatic nitrogens is 1. The molecule has 2 aliphatic rings. The number of piperidine rings is 1. The van der Waals surface area contributed by atoms with Gasteiger partial charge in [0.05, 0.1) is 24.5 Å². The molecule has 1 aromatic carbocycles. The molecule has 0 N–H and O–H groups in total. The van der Waals surface area contributed by atoms with Crippen LogP contribution in [0.3, 0.4) is 0 Å². The smallest absolute Gasteiger partial charge is 0.0992 e.